The highest BCUT2D eigenvalue weighted by Gasteiger charge is 2.27. The molecule has 0 aliphatic heterocycles. The normalized spacial score (nSPS) is 15.5. The highest BCUT2D eigenvalue weighted by atomic mass is 15.3. The Kier molecular flexibility index (Phi) is 4.01. The Labute approximate surface area is 125 Å². The van der Waals surface area contributed by atoms with Crippen molar-refractivity contribution in [2.45, 2.75) is 31.6 Å². The number of benzene rings is 1. The van der Waals surface area contributed by atoms with Crippen LogP contribution in [-0.4, -0.2) is 16.5 Å². The van der Waals surface area contributed by atoms with Crippen molar-refractivity contribution in [2.24, 2.45) is 5.84 Å². The lowest BCUT2D eigenvalue weighted by molar-refractivity contribution is 0.797. The molecule has 1 unspecified atom stereocenters. The van der Waals surface area contributed by atoms with Crippen molar-refractivity contribution in [1.82, 2.24) is 9.97 Å². The smallest absolute Gasteiger partial charge is 0.145 e. The first kappa shape index (κ1) is 13.8. The van der Waals surface area contributed by atoms with Crippen LogP contribution >= 0.6 is 0 Å². The largest absolute Gasteiger partial charge is 0.369 e. The third-order valence-corrected chi connectivity index (χ3v) is 3.79. The summed E-state index contributed by atoms with van der Waals surface area (Å²) in [5.41, 5.74) is 3.94. The van der Waals surface area contributed by atoms with Crippen LogP contribution in [0.15, 0.2) is 36.4 Å². The standard InChI is InChI=1S/C16H21N5/c1-11(12-5-3-2-4-6-12)10-18-14-9-15(21-17)20-16(19-14)13-7-8-13/h2-6,9,11,13H,7-8,10,17H2,1H3,(H2,18,19,20,21). The van der Waals surface area contributed by atoms with E-state index in [1.165, 1.54) is 18.4 Å². The summed E-state index contributed by atoms with van der Waals surface area (Å²) < 4.78 is 0. The van der Waals surface area contributed by atoms with E-state index in [1.54, 1.807) is 0 Å². The lowest BCUT2D eigenvalue weighted by atomic mass is 10.0. The fourth-order valence-corrected chi connectivity index (χ4v) is 2.31. The summed E-state index contributed by atoms with van der Waals surface area (Å²) in [5, 5.41) is 3.39. The van der Waals surface area contributed by atoms with Crippen LogP contribution in [0, 0.1) is 0 Å². The van der Waals surface area contributed by atoms with Gasteiger partial charge in [0.1, 0.15) is 17.5 Å². The molecule has 1 saturated carbocycles. The number of anilines is 2. The SMILES string of the molecule is CC(CNc1cc(NN)nc(C2CC2)n1)c1ccccc1. The van der Waals surface area contributed by atoms with Gasteiger partial charge >= 0.3 is 0 Å². The molecule has 4 N–H and O–H groups in total. The molecular weight excluding hydrogens is 262 g/mol. The summed E-state index contributed by atoms with van der Waals surface area (Å²) in [6.45, 7) is 3.03. The first-order valence-corrected chi connectivity index (χ1v) is 7.40. The van der Waals surface area contributed by atoms with Crippen molar-refractivity contribution in [2.75, 3.05) is 17.3 Å². The molecule has 2 aromatic rings. The van der Waals surface area contributed by atoms with Crippen LogP contribution in [0.2, 0.25) is 0 Å². The number of nitrogens with zero attached hydrogens (tertiary/aromatic N) is 2. The van der Waals surface area contributed by atoms with Crippen molar-refractivity contribution in [3.05, 3.63) is 47.8 Å². The zero-order chi connectivity index (χ0) is 14.7. The van der Waals surface area contributed by atoms with Gasteiger partial charge in [0, 0.05) is 18.5 Å². The van der Waals surface area contributed by atoms with Gasteiger partial charge < -0.3 is 10.7 Å². The first-order chi connectivity index (χ1) is 10.3. The second-order valence-electron chi connectivity index (χ2n) is 5.61. The number of hydrogen-bond donors (Lipinski definition) is 3. The average Bonchev–Trinajstić information content (AvgIpc) is 3.38. The molecule has 110 valence electrons. The van der Waals surface area contributed by atoms with Crippen LogP contribution in [0.1, 0.15) is 43.0 Å². The monoisotopic (exact) mass is 283 g/mol. The predicted molar refractivity (Wildman–Crippen MR) is 85.2 cm³/mol. The van der Waals surface area contributed by atoms with Gasteiger partial charge in [-0.1, -0.05) is 37.3 Å². The zero-order valence-corrected chi connectivity index (χ0v) is 12.2. The Bertz CT molecular complexity index is 595. The summed E-state index contributed by atoms with van der Waals surface area (Å²) in [7, 11) is 0. The van der Waals surface area contributed by atoms with Crippen molar-refractivity contribution in [3.63, 3.8) is 0 Å². The van der Waals surface area contributed by atoms with Crippen molar-refractivity contribution < 1.29 is 0 Å². The summed E-state index contributed by atoms with van der Waals surface area (Å²) in [4.78, 5) is 9.00. The number of nitrogen functional groups attached to an aromatic ring is 1. The Hall–Kier alpha value is -2.14. The Morgan fingerprint density at radius 2 is 1.90 bits per heavy atom. The maximum Gasteiger partial charge on any atom is 0.145 e. The summed E-state index contributed by atoms with van der Waals surface area (Å²) in [6.07, 6.45) is 2.35. The molecule has 1 aliphatic carbocycles. The molecule has 1 fully saturated rings. The quantitative estimate of drug-likeness (QED) is 0.561. The molecule has 0 bridgehead atoms. The minimum absolute atomic E-state index is 0.417. The lowest BCUT2D eigenvalue weighted by Gasteiger charge is -2.14. The van der Waals surface area contributed by atoms with Gasteiger partial charge in [0.25, 0.3) is 0 Å². The molecule has 3 rings (SSSR count). The van der Waals surface area contributed by atoms with E-state index < -0.39 is 0 Å². The van der Waals surface area contributed by atoms with Gasteiger partial charge in [0.05, 0.1) is 0 Å². The van der Waals surface area contributed by atoms with Gasteiger partial charge in [-0.05, 0) is 24.3 Å². The minimum Gasteiger partial charge on any atom is -0.369 e. The maximum absolute atomic E-state index is 5.49. The number of hydrazine groups is 1. The average molecular weight is 283 g/mol. The molecule has 1 heterocycles. The van der Waals surface area contributed by atoms with Gasteiger partial charge in [0.2, 0.25) is 0 Å². The number of rotatable bonds is 6. The molecule has 1 aliphatic rings. The van der Waals surface area contributed by atoms with Gasteiger partial charge in [-0.25, -0.2) is 15.8 Å². The third-order valence-electron chi connectivity index (χ3n) is 3.79. The van der Waals surface area contributed by atoms with Gasteiger partial charge in [-0.15, -0.1) is 0 Å². The summed E-state index contributed by atoms with van der Waals surface area (Å²) in [6, 6.07) is 12.3. The molecule has 1 aromatic heterocycles. The molecule has 0 spiro atoms. The number of nitrogens with one attached hydrogen (secondary N) is 2. The van der Waals surface area contributed by atoms with Gasteiger partial charge in [-0.2, -0.15) is 0 Å². The summed E-state index contributed by atoms with van der Waals surface area (Å²) >= 11 is 0. The van der Waals surface area contributed by atoms with E-state index in [0.717, 1.165) is 18.2 Å². The Morgan fingerprint density at radius 3 is 2.57 bits per heavy atom. The van der Waals surface area contributed by atoms with E-state index in [0.29, 0.717) is 17.7 Å². The van der Waals surface area contributed by atoms with E-state index in [-0.39, 0.29) is 0 Å². The second-order valence-corrected chi connectivity index (χ2v) is 5.61. The molecule has 5 nitrogen and oxygen atoms in total. The molecule has 0 saturated heterocycles. The van der Waals surface area contributed by atoms with E-state index in [4.69, 9.17) is 5.84 Å². The van der Waals surface area contributed by atoms with Gasteiger partial charge in [-0.3, -0.25) is 0 Å². The second kappa shape index (κ2) is 6.10. The molecule has 5 heteroatoms. The van der Waals surface area contributed by atoms with E-state index in [9.17, 15) is 0 Å². The third kappa shape index (κ3) is 3.49. The van der Waals surface area contributed by atoms with Crippen molar-refractivity contribution >= 4 is 11.6 Å². The van der Waals surface area contributed by atoms with Crippen LogP contribution in [0.3, 0.4) is 0 Å². The molecular formula is C16H21N5. The highest BCUT2D eigenvalue weighted by molar-refractivity contribution is 5.47. The molecule has 0 radical (unpaired) electrons. The highest BCUT2D eigenvalue weighted by Crippen LogP contribution is 2.38. The topological polar surface area (TPSA) is 75.9 Å². The first-order valence-electron chi connectivity index (χ1n) is 7.40. The lowest BCUT2D eigenvalue weighted by Crippen LogP contribution is -2.14. The van der Waals surface area contributed by atoms with E-state index >= 15 is 0 Å². The fraction of sp³-hybridized carbons (Fsp3) is 0.375. The number of hydrogen-bond acceptors (Lipinski definition) is 5. The minimum atomic E-state index is 0.417. The van der Waals surface area contributed by atoms with Crippen LogP contribution < -0.4 is 16.6 Å². The van der Waals surface area contributed by atoms with Crippen molar-refractivity contribution in [3.8, 4) is 0 Å². The van der Waals surface area contributed by atoms with E-state index in [1.807, 2.05) is 12.1 Å². The van der Waals surface area contributed by atoms with Crippen LogP contribution in [-0.2, 0) is 0 Å². The molecule has 1 aromatic carbocycles. The number of nitrogens with two attached hydrogens (primary N) is 1. The van der Waals surface area contributed by atoms with Crippen molar-refractivity contribution in [1.29, 1.82) is 0 Å². The zero-order valence-electron chi connectivity index (χ0n) is 12.2. The van der Waals surface area contributed by atoms with Crippen LogP contribution in [0.4, 0.5) is 11.6 Å². The van der Waals surface area contributed by atoms with Crippen LogP contribution in [0.5, 0.6) is 0 Å². The Morgan fingerprint density at radius 1 is 1.19 bits per heavy atom. The molecule has 0 amide bonds. The van der Waals surface area contributed by atoms with Crippen LogP contribution in [0.25, 0.3) is 0 Å². The van der Waals surface area contributed by atoms with E-state index in [2.05, 4.69) is 51.9 Å². The molecule has 21 heavy (non-hydrogen) atoms. The van der Waals surface area contributed by atoms with Gasteiger partial charge in [0.15, 0.2) is 0 Å². The Balaban J connectivity index is 1.68. The molecule has 1 atom stereocenters. The predicted octanol–water partition coefficient (Wildman–Crippen LogP) is 2.86. The number of aromatic nitrogens is 2. The maximum atomic E-state index is 5.49. The fourth-order valence-electron chi connectivity index (χ4n) is 2.31. The summed E-state index contributed by atoms with van der Waals surface area (Å²) in [5.74, 6) is 8.80.